The van der Waals surface area contributed by atoms with Gasteiger partial charge in [0.25, 0.3) is 10.0 Å². The molecule has 3 heterocycles. The lowest BCUT2D eigenvalue weighted by Crippen LogP contribution is -2.48. The number of thiophene rings is 1. The first-order chi connectivity index (χ1) is 12.5. The predicted molar refractivity (Wildman–Crippen MR) is 99.5 cm³/mol. The number of nitrogens with zero attached hydrogens (tertiary/aromatic N) is 2. The molecule has 3 aliphatic rings. The van der Waals surface area contributed by atoms with Gasteiger partial charge in [0.1, 0.15) is 4.21 Å². The second kappa shape index (κ2) is 7.22. The molecule has 26 heavy (non-hydrogen) atoms. The molecule has 8 heteroatoms. The third-order valence-corrected chi connectivity index (χ3v) is 9.36. The molecule has 1 spiro atoms. The summed E-state index contributed by atoms with van der Waals surface area (Å²) in [5.74, 6) is -0.102. The van der Waals surface area contributed by atoms with Gasteiger partial charge in [0.15, 0.2) is 0 Å². The van der Waals surface area contributed by atoms with E-state index in [4.69, 9.17) is 4.74 Å². The minimum atomic E-state index is -3.51. The van der Waals surface area contributed by atoms with E-state index in [1.165, 1.54) is 17.8 Å². The molecule has 0 aromatic carbocycles. The molecule has 1 aromatic heterocycles. The van der Waals surface area contributed by atoms with Gasteiger partial charge in [-0.2, -0.15) is 4.31 Å². The highest BCUT2D eigenvalue weighted by Gasteiger charge is 2.54. The second-order valence-electron chi connectivity index (χ2n) is 7.64. The van der Waals surface area contributed by atoms with Crippen molar-refractivity contribution in [3.05, 3.63) is 17.5 Å². The van der Waals surface area contributed by atoms with Crippen LogP contribution in [0, 0.1) is 11.3 Å². The third-order valence-electron chi connectivity index (χ3n) is 6.18. The Labute approximate surface area is 159 Å². The predicted octanol–water partition coefficient (Wildman–Crippen LogP) is 2.18. The molecule has 4 rings (SSSR count). The zero-order valence-corrected chi connectivity index (χ0v) is 16.6. The Morgan fingerprint density at radius 3 is 2.58 bits per heavy atom. The molecule has 3 fully saturated rings. The van der Waals surface area contributed by atoms with Gasteiger partial charge in [-0.1, -0.05) is 25.3 Å². The summed E-state index contributed by atoms with van der Waals surface area (Å²) in [6, 6.07) is 3.42. The molecule has 1 saturated carbocycles. The topological polar surface area (TPSA) is 66.9 Å². The first-order valence-electron chi connectivity index (χ1n) is 9.43. The van der Waals surface area contributed by atoms with Crippen molar-refractivity contribution in [3.63, 3.8) is 0 Å². The molecular formula is C18H26N2O4S2. The number of rotatable bonds is 3. The van der Waals surface area contributed by atoms with Crippen molar-refractivity contribution >= 4 is 27.3 Å². The molecule has 1 atom stereocenters. The van der Waals surface area contributed by atoms with E-state index < -0.39 is 10.0 Å². The summed E-state index contributed by atoms with van der Waals surface area (Å²) >= 11 is 1.25. The number of sulfonamides is 1. The van der Waals surface area contributed by atoms with Crippen LogP contribution in [0.2, 0.25) is 0 Å². The SMILES string of the molecule is O=C(C1CN(S(=O)(=O)c2cccs2)CC12CCCCC2)N1CCOCC1. The van der Waals surface area contributed by atoms with Crippen molar-refractivity contribution in [1.29, 1.82) is 0 Å². The minimum absolute atomic E-state index is 0.124. The fraction of sp³-hybridized carbons (Fsp3) is 0.722. The molecule has 6 nitrogen and oxygen atoms in total. The van der Waals surface area contributed by atoms with Gasteiger partial charge < -0.3 is 9.64 Å². The summed E-state index contributed by atoms with van der Waals surface area (Å²) in [7, 11) is -3.51. The Balaban J connectivity index is 1.62. The van der Waals surface area contributed by atoms with Crippen LogP contribution in [0.4, 0.5) is 0 Å². The van der Waals surface area contributed by atoms with Gasteiger partial charge in [-0.3, -0.25) is 4.79 Å². The summed E-state index contributed by atoms with van der Waals surface area (Å²) in [6.45, 7) is 3.17. The van der Waals surface area contributed by atoms with Crippen LogP contribution < -0.4 is 0 Å². The van der Waals surface area contributed by atoms with E-state index in [-0.39, 0.29) is 17.2 Å². The average Bonchev–Trinajstić information content (AvgIpc) is 3.32. The maximum atomic E-state index is 13.3. The van der Waals surface area contributed by atoms with Crippen LogP contribution in [-0.2, 0) is 19.6 Å². The van der Waals surface area contributed by atoms with Crippen molar-refractivity contribution in [2.45, 2.75) is 36.3 Å². The molecule has 1 unspecified atom stereocenters. The van der Waals surface area contributed by atoms with Crippen molar-refractivity contribution in [1.82, 2.24) is 9.21 Å². The van der Waals surface area contributed by atoms with Gasteiger partial charge in [0.2, 0.25) is 5.91 Å². The van der Waals surface area contributed by atoms with E-state index in [2.05, 4.69) is 0 Å². The van der Waals surface area contributed by atoms with Gasteiger partial charge in [0, 0.05) is 26.2 Å². The summed E-state index contributed by atoms with van der Waals surface area (Å²) < 4.78 is 33.4. The lowest BCUT2D eigenvalue weighted by atomic mass is 9.67. The Hall–Kier alpha value is -0.960. The molecule has 2 aliphatic heterocycles. The van der Waals surface area contributed by atoms with Crippen molar-refractivity contribution in [3.8, 4) is 0 Å². The van der Waals surface area contributed by atoms with Gasteiger partial charge in [-0.15, -0.1) is 11.3 Å². The number of amides is 1. The number of morpholine rings is 1. The Morgan fingerprint density at radius 2 is 1.92 bits per heavy atom. The largest absolute Gasteiger partial charge is 0.378 e. The molecular weight excluding hydrogens is 372 g/mol. The standard InChI is InChI=1S/C18H26N2O4S2/c21-17(19-8-10-24-11-9-19)15-13-20(14-18(15)6-2-1-3-7-18)26(22,23)16-5-4-12-25-16/h4-5,12,15H,1-3,6-11,13-14H2. The summed E-state index contributed by atoms with van der Waals surface area (Å²) in [4.78, 5) is 15.2. The van der Waals surface area contributed by atoms with E-state index in [0.29, 0.717) is 43.6 Å². The number of hydrogen-bond donors (Lipinski definition) is 0. The molecule has 0 N–H and O–H groups in total. The van der Waals surface area contributed by atoms with Gasteiger partial charge >= 0.3 is 0 Å². The fourth-order valence-corrected chi connectivity index (χ4v) is 7.45. The molecule has 2 saturated heterocycles. The summed E-state index contributed by atoms with van der Waals surface area (Å²) in [5, 5.41) is 1.79. The van der Waals surface area contributed by atoms with Crippen molar-refractivity contribution < 1.29 is 17.9 Å². The first-order valence-corrected chi connectivity index (χ1v) is 11.8. The number of carbonyl (C=O) groups is 1. The highest BCUT2D eigenvalue weighted by Crippen LogP contribution is 2.49. The van der Waals surface area contributed by atoms with Crippen LogP contribution in [0.15, 0.2) is 21.7 Å². The van der Waals surface area contributed by atoms with E-state index in [0.717, 1.165) is 25.7 Å². The Kier molecular flexibility index (Phi) is 5.11. The van der Waals surface area contributed by atoms with Crippen molar-refractivity contribution in [2.75, 3.05) is 39.4 Å². The van der Waals surface area contributed by atoms with E-state index in [1.54, 1.807) is 21.8 Å². The van der Waals surface area contributed by atoms with Gasteiger partial charge in [-0.05, 0) is 29.7 Å². The minimum Gasteiger partial charge on any atom is -0.378 e. The number of carbonyl (C=O) groups excluding carboxylic acids is 1. The molecule has 1 aliphatic carbocycles. The monoisotopic (exact) mass is 398 g/mol. The van der Waals surface area contributed by atoms with E-state index in [9.17, 15) is 13.2 Å². The molecule has 1 aromatic rings. The van der Waals surface area contributed by atoms with Crippen LogP contribution in [0.1, 0.15) is 32.1 Å². The highest BCUT2D eigenvalue weighted by atomic mass is 32.2. The van der Waals surface area contributed by atoms with Crippen LogP contribution in [-0.4, -0.2) is 62.9 Å². The molecule has 1 amide bonds. The van der Waals surface area contributed by atoms with E-state index in [1.807, 2.05) is 4.90 Å². The Morgan fingerprint density at radius 1 is 1.19 bits per heavy atom. The molecule has 0 bridgehead atoms. The first kappa shape index (κ1) is 18.4. The molecule has 0 radical (unpaired) electrons. The quantitative estimate of drug-likeness (QED) is 0.783. The second-order valence-corrected chi connectivity index (χ2v) is 10.8. The lowest BCUT2D eigenvalue weighted by Gasteiger charge is -2.40. The van der Waals surface area contributed by atoms with E-state index >= 15 is 0 Å². The summed E-state index contributed by atoms with van der Waals surface area (Å²) in [6.07, 6.45) is 5.24. The summed E-state index contributed by atoms with van der Waals surface area (Å²) in [5.41, 5.74) is -0.196. The van der Waals surface area contributed by atoms with Crippen LogP contribution in [0.3, 0.4) is 0 Å². The highest BCUT2D eigenvalue weighted by molar-refractivity contribution is 7.91. The smallest absolute Gasteiger partial charge is 0.252 e. The normalized spacial score (nSPS) is 27.1. The van der Waals surface area contributed by atoms with Crippen LogP contribution in [0.25, 0.3) is 0 Å². The van der Waals surface area contributed by atoms with Crippen LogP contribution in [0.5, 0.6) is 0 Å². The van der Waals surface area contributed by atoms with Crippen molar-refractivity contribution in [2.24, 2.45) is 11.3 Å². The van der Waals surface area contributed by atoms with Gasteiger partial charge in [0.05, 0.1) is 19.1 Å². The maximum Gasteiger partial charge on any atom is 0.252 e. The lowest BCUT2D eigenvalue weighted by molar-refractivity contribution is -0.143. The fourth-order valence-electron chi connectivity index (χ4n) is 4.75. The average molecular weight is 399 g/mol. The number of ether oxygens (including phenoxy) is 1. The maximum absolute atomic E-state index is 13.3. The zero-order chi connectivity index (χ0) is 18.2. The third kappa shape index (κ3) is 3.21. The zero-order valence-electron chi connectivity index (χ0n) is 14.9. The molecule has 144 valence electrons. The van der Waals surface area contributed by atoms with Crippen LogP contribution >= 0.6 is 11.3 Å². The number of hydrogen-bond acceptors (Lipinski definition) is 5. The Bertz CT molecular complexity index is 735. The van der Waals surface area contributed by atoms with Gasteiger partial charge in [-0.25, -0.2) is 8.42 Å².